The predicted octanol–water partition coefficient (Wildman–Crippen LogP) is 4.94. The van der Waals surface area contributed by atoms with Crippen LogP contribution in [0.2, 0.25) is 0 Å². The molecule has 0 spiro atoms. The largest absolute Gasteiger partial charge is 0.328 e. The van der Waals surface area contributed by atoms with E-state index in [-0.39, 0.29) is 0 Å². The molecule has 24 heavy (non-hydrogen) atoms. The summed E-state index contributed by atoms with van der Waals surface area (Å²) in [6.07, 6.45) is 10.6. The number of thioether (sulfide) groups is 2. The zero-order chi connectivity index (χ0) is 17.0. The first-order valence-corrected chi connectivity index (χ1v) is 11.2. The highest BCUT2D eigenvalue weighted by atomic mass is 32.2. The molecule has 1 aliphatic rings. The maximum Gasteiger partial charge on any atom is 0.0160 e. The van der Waals surface area contributed by atoms with Gasteiger partial charge in [-0.25, -0.2) is 0 Å². The summed E-state index contributed by atoms with van der Waals surface area (Å²) in [5.41, 5.74) is 5.96. The number of nitrogens with two attached hydrogens (primary N) is 1. The van der Waals surface area contributed by atoms with Gasteiger partial charge in [-0.3, -0.25) is 0 Å². The molecule has 1 aliphatic carbocycles. The van der Waals surface area contributed by atoms with Crippen molar-refractivity contribution in [2.45, 2.75) is 54.9 Å². The number of benzene rings is 1. The second-order valence-electron chi connectivity index (χ2n) is 6.54. The Hall–Kier alpha value is -0.420. The van der Waals surface area contributed by atoms with E-state index >= 15 is 0 Å². The molecule has 0 radical (unpaired) electrons. The maximum absolute atomic E-state index is 5.96. The molecule has 3 N–H and O–H groups in total. The average molecular weight is 365 g/mol. The lowest BCUT2D eigenvalue weighted by molar-refractivity contribution is 0.315. The van der Waals surface area contributed by atoms with Crippen molar-refractivity contribution in [1.29, 1.82) is 0 Å². The first-order chi connectivity index (χ1) is 11.8. The highest BCUT2D eigenvalue weighted by Gasteiger charge is 2.17. The minimum atomic E-state index is 0.463. The second kappa shape index (κ2) is 12.0. The van der Waals surface area contributed by atoms with Crippen LogP contribution < -0.4 is 11.1 Å². The zero-order valence-corrected chi connectivity index (χ0v) is 16.5. The third kappa shape index (κ3) is 8.11. The summed E-state index contributed by atoms with van der Waals surface area (Å²) in [4.78, 5) is 2.76. The zero-order valence-electron chi connectivity index (χ0n) is 14.9. The summed E-state index contributed by atoms with van der Waals surface area (Å²) < 4.78 is 0. The number of rotatable bonds is 10. The van der Waals surface area contributed by atoms with Crippen LogP contribution >= 0.6 is 23.5 Å². The fraction of sp³-hybridized carbons (Fsp3) is 0.600. The Labute approximate surface area is 156 Å². The highest BCUT2D eigenvalue weighted by molar-refractivity contribution is 8.00. The Morgan fingerprint density at radius 2 is 1.92 bits per heavy atom. The fourth-order valence-corrected chi connectivity index (χ4v) is 4.83. The minimum Gasteiger partial charge on any atom is -0.328 e. The van der Waals surface area contributed by atoms with E-state index in [1.54, 1.807) is 0 Å². The minimum absolute atomic E-state index is 0.463. The van der Waals surface area contributed by atoms with E-state index < -0.39 is 0 Å². The Morgan fingerprint density at radius 3 is 2.67 bits per heavy atom. The summed E-state index contributed by atoms with van der Waals surface area (Å²) in [6.45, 7) is 4.38. The van der Waals surface area contributed by atoms with Crippen molar-refractivity contribution in [2.24, 2.45) is 11.7 Å². The summed E-state index contributed by atoms with van der Waals surface area (Å²) in [6, 6.07) is 9.38. The molecule has 0 saturated heterocycles. The van der Waals surface area contributed by atoms with Crippen molar-refractivity contribution >= 4 is 23.5 Å². The lowest BCUT2D eigenvalue weighted by atomic mass is 9.86. The van der Waals surface area contributed by atoms with Crippen molar-refractivity contribution in [1.82, 2.24) is 5.32 Å². The van der Waals surface area contributed by atoms with Crippen molar-refractivity contribution in [3.63, 3.8) is 0 Å². The molecule has 0 aromatic heterocycles. The van der Waals surface area contributed by atoms with Crippen LogP contribution in [-0.2, 0) is 0 Å². The van der Waals surface area contributed by atoms with Crippen LogP contribution in [0.1, 0.15) is 39.0 Å². The van der Waals surface area contributed by atoms with Crippen LogP contribution in [-0.4, -0.2) is 30.6 Å². The Balaban J connectivity index is 1.54. The van der Waals surface area contributed by atoms with Gasteiger partial charge in [-0.05, 0) is 82.0 Å². The highest BCUT2D eigenvalue weighted by Crippen LogP contribution is 2.25. The van der Waals surface area contributed by atoms with Gasteiger partial charge in [-0.2, -0.15) is 0 Å². The maximum atomic E-state index is 5.96. The number of hydrogen-bond acceptors (Lipinski definition) is 4. The van der Waals surface area contributed by atoms with Gasteiger partial charge < -0.3 is 11.1 Å². The number of hydrogen-bond donors (Lipinski definition) is 2. The molecule has 1 aromatic rings. The molecule has 0 atom stereocenters. The Morgan fingerprint density at radius 1 is 1.17 bits per heavy atom. The molecule has 134 valence electrons. The molecule has 0 heterocycles. The second-order valence-corrected chi connectivity index (χ2v) is 8.80. The van der Waals surface area contributed by atoms with Gasteiger partial charge in [0.25, 0.3) is 0 Å². The van der Waals surface area contributed by atoms with Gasteiger partial charge in [-0.15, -0.1) is 23.5 Å². The standard InChI is InChI=1S/C20H32N2S2/c1-2-3-13-23-19-6-4-7-20(15-19)24-14-5-12-22-16-17-8-10-18(21)11-9-17/h2-4,6-7,15,17-18,22H,5,8-14,16,21H2,1H3/b3-2+. The van der Waals surface area contributed by atoms with Gasteiger partial charge in [0.15, 0.2) is 0 Å². The normalized spacial score (nSPS) is 21.4. The quantitative estimate of drug-likeness (QED) is 0.350. The van der Waals surface area contributed by atoms with E-state index in [1.807, 2.05) is 23.5 Å². The molecule has 0 aliphatic heterocycles. The fourth-order valence-electron chi connectivity index (χ4n) is 2.98. The molecule has 0 unspecified atom stereocenters. The third-order valence-electron chi connectivity index (χ3n) is 4.48. The molecule has 2 nitrogen and oxygen atoms in total. The number of nitrogens with one attached hydrogen (secondary N) is 1. The molecule has 0 bridgehead atoms. The molecular formula is C20H32N2S2. The molecule has 1 fully saturated rings. The van der Waals surface area contributed by atoms with Gasteiger partial charge in [0.1, 0.15) is 0 Å². The van der Waals surface area contributed by atoms with Crippen molar-refractivity contribution in [3.05, 3.63) is 36.4 Å². The first kappa shape index (κ1) is 19.9. The van der Waals surface area contributed by atoms with E-state index in [0.29, 0.717) is 6.04 Å². The van der Waals surface area contributed by atoms with E-state index in [4.69, 9.17) is 5.73 Å². The molecular weight excluding hydrogens is 332 g/mol. The van der Waals surface area contributed by atoms with E-state index in [0.717, 1.165) is 18.2 Å². The molecule has 4 heteroatoms. The molecule has 2 rings (SSSR count). The first-order valence-electron chi connectivity index (χ1n) is 9.21. The van der Waals surface area contributed by atoms with Crippen molar-refractivity contribution in [3.8, 4) is 0 Å². The van der Waals surface area contributed by atoms with Crippen molar-refractivity contribution in [2.75, 3.05) is 24.6 Å². The van der Waals surface area contributed by atoms with Crippen LogP contribution in [0.25, 0.3) is 0 Å². The average Bonchev–Trinajstić information content (AvgIpc) is 2.60. The van der Waals surface area contributed by atoms with E-state index in [1.165, 1.54) is 54.2 Å². The topological polar surface area (TPSA) is 38.0 Å². The van der Waals surface area contributed by atoms with E-state index in [2.05, 4.69) is 48.7 Å². The lowest BCUT2D eigenvalue weighted by Crippen LogP contribution is -2.32. The number of allylic oxidation sites excluding steroid dienone is 1. The van der Waals surface area contributed by atoms with Crippen LogP contribution in [0.5, 0.6) is 0 Å². The SMILES string of the molecule is C/C=C/CSc1cccc(SCCCNCC2CCC(N)CC2)c1. The van der Waals surface area contributed by atoms with Gasteiger partial charge in [-0.1, -0.05) is 18.2 Å². The van der Waals surface area contributed by atoms with Crippen molar-refractivity contribution < 1.29 is 0 Å². The molecule has 1 saturated carbocycles. The lowest BCUT2D eigenvalue weighted by Gasteiger charge is -2.26. The smallest absolute Gasteiger partial charge is 0.0160 e. The monoisotopic (exact) mass is 364 g/mol. The Kier molecular flexibility index (Phi) is 9.96. The van der Waals surface area contributed by atoms with Gasteiger partial charge in [0.2, 0.25) is 0 Å². The molecule has 1 aromatic carbocycles. The van der Waals surface area contributed by atoms with Crippen LogP contribution in [0, 0.1) is 5.92 Å². The van der Waals surface area contributed by atoms with Crippen LogP contribution in [0.3, 0.4) is 0 Å². The Bertz CT molecular complexity index is 482. The summed E-state index contributed by atoms with van der Waals surface area (Å²) >= 11 is 3.87. The summed E-state index contributed by atoms with van der Waals surface area (Å²) in [7, 11) is 0. The van der Waals surface area contributed by atoms with Gasteiger partial charge in [0.05, 0.1) is 0 Å². The van der Waals surface area contributed by atoms with Crippen LogP contribution in [0.4, 0.5) is 0 Å². The predicted molar refractivity (Wildman–Crippen MR) is 110 cm³/mol. The van der Waals surface area contributed by atoms with Gasteiger partial charge in [0, 0.05) is 21.6 Å². The van der Waals surface area contributed by atoms with E-state index in [9.17, 15) is 0 Å². The molecule has 0 amide bonds. The van der Waals surface area contributed by atoms with Crippen LogP contribution in [0.15, 0.2) is 46.2 Å². The summed E-state index contributed by atoms with van der Waals surface area (Å²) in [5.74, 6) is 3.09. The van der Waals surface area contributed by atoms with Gasteiger partial charge >= 0.3 is 0 Å². The third-order valence-corrected chi connectivity index (χ3v) is 6.50. The summed E-state index contributed by atoms with van der Waals surface area (Å²) in [5, 5.41) is 3.64.